The molecule has 0 amide bonds. The van der Waals surface area contributed by atoms with E-state index in [2.05, 4.69) is 51.3 Å². The topological polar surface area (TPSA) is 111 Å². The number of thiazole rings is 1. The molecule has 9 heteroatoms. The number of benzene rings is 1. The van der Waals surface area contributed by atoms with Gasteiger partial charge in [-0.1, -0.05) is 6.07 Å². The number of phenols is 1. The van der Waals surface area contributed by atoms with Crippen molar-refractivity contribution >= 4 is 17.2 Å². The van der Waals surface area contributed by atoms with E-state index in [1.165, 1.54) is 30.6 Å². The molecule has 0 saturated carbocycles. The number of phenolic OH excluding ortho intramolecular Hbond substituents is 1. The SMILES string of the molecule is CN(c1cnc(-c2ccc(-c3nc(C#N)cs3)cc2O)nn1)[C@H]1C[C@]2(C)CCC[C@](C)(C1)N2. The van der Waals surface area contributed by atoms with E-state index < -0.39 is 0 Å². The molecule has 8 nitrogen and oxygen atoms in total. The monoisotopic (exact) mass is 461 g/mol. The van der Waals surface area contributed by atoms with Gasteiger partial charge in [0.05, 0.1) is 11.8 Å². The van der Waals surface area contributed by atoms with E-state index in [4.69, 9.17) is 5.26 Å². The lowest BCUT2D eigenvalue weighted by Gasteiger charge is -2.55. The van der Waals surface area contributed by atoms with Crippen LogP contribution >= 0.6 is 11.3 Å². The van der Waals surface area contributed by atoms with Gasteiger partial charge in [-0.25, -0.2) is 9.97 Å². The summed E-state index contributed by atoms with van der Waals surface area (Å²) in [5.74, 6) is 1.16. The molecule has 0 spiro atoms. The molecule has 2 aliphatic rings. The molecule has 33 heavy (non-hydrogen) atoms. The zero-order valence-electron chi connectivity index (χ0n) is 19.0. The molecule has 2 aromatic heterocycles. The van der Waals surface area contributed by atoms with E-state index in [0.717, 1.165) is 24.2 Å². The van der Waals surface area contributed by atoms with Crippen molar-refractivity contribution in [3.05, 3.63) is 35.5 Å². The summed E-state index contributed by atoms with van der Waals surface area (Å²) in [6.07, 6.45) is 7.53. The third-order valence-electron chi connectivity index (χ3n) is 7.00. The van der Waals surface area contributed by atoms with Gasteiger partial charge in [-0.05, 0) is 58.1 Å². The molecule has 2 fully saturated rings. The largest absolute Gasteiger partial charge is 0.507 e. The van der Waals surface area contributed by atoms with Crippen LogP contribution in [0.1, 0.15) is 51.6 Å². The predicted molar refractivity (Wildman–Crippen MR) is 128 cm³/mol. The molecule has 0 radical (unpaired) electrons. The maximum Gasteiger partial charge on any atom is 0.185 e. The Morgan fingerprint density at radius 3 is 2.58 bits per heavy atom. The van der Waals surface area contributed by atoms with Crippen molar-refractivity contribution in [2.75, 3.05) is 11.9 Å². The van der Waals surface area contributed by atoms with E-state index >= 15 is 0 Å². The average molecular weight is 462 g/mol. The van der Waals surface area contributed by atoms with Crippen LogP contribution in [0.5, 0.6) is 5.75 Å². The number of aromatic hydroxyl groups is 1. The van der Waals surface area contributed by atoms with Gasteiger partial charge in [0.25, 0.3) is 0 Å². The van der Waals surface area contributed by atoms with Crippen LogP contribution in [0.4, 0.5) is 5.82 Å². The number of hydrogen-bond donors (Lipinski definition) is 2. The van der Waals surface area contributed by atoms with E-state index in [1.54, 1.807) is 23.7 Å². The van der Waals surface area contributed by atoms with Crippen LogP contribution in [0.3, 0.4) is 0 Å². The van der Waals surface area contributed by atoms with E-state index in [9.17, 15) is 5.11 Å². The molecule has 2 N–H and O–H groups in total. The normalized spacial score (nSPS) is 26.5. The standard InChI is InChI=1S/C24H27N7OS/c1-23-7-4-8-24(2,30-23)11-17(10-23)31(3)20-13-26-21(29-28-20)18-6-5-15(9-19(18)32)22-27-16(12-25)14-33-22/h5-6,9,13-14,17,30,32H,4,7-8,10-11H2,1-3H3/t17-,23-,24+. The molecule has 0 unspecified atom stereocenters. The van der Waals surface area contributed by atoms with Crippen molar-refractivity contribution < 1.29 is 5.11 Å². The summed E-state index contributed by atoms with van der Waals surface area (Å²) in [5.41, 5.74) is 1.93. The van der Waals surface area contributed by atoms with Crippen molar-refractivity contribution in [1.82, 2.24) is 25.5 Å². The average Bonchev–Trinajstić information content (AvgIpc) is 3.27. The lowest BCUT2D eigenvalue weighted by atomic mass is 9.69. The Hall–Kier alpha value is -3.09. The van der Waals surface area contributed by atoms with Crippen molar-refractivity contribution in [3.63, 3.8) is 0 Å². The molecule has 4 heterocycles. The Kier molecular flexibility index (Phi) is 5.30. The Labute approximate surface area is 197 Å². The van der Waals surface area contributed by atoms with Crippen LogP contribution in [0, 0.1) is 11.3 Å². The second kappa shape index (κ2) is 8.04. The quantitative estimate of drug-likeness (QED) is 0.597. The van der Waals surface area contributed by atoms with Crippen LogP contribution in [0.25, 0.3) is 22.0 Å². The van der Waals surface area contributed by atoms with Gasteiger partial charge in [0, 0.05) is 35.1 Å². The summed E-state index contributed by atoms with van der Waals surface area (Å²) >= 11 is 1.36. The number of hydrogen-bond acceptors (Lipinski definition) is 9. The number of nitrogens with zero attached hydrogens (tertiary/aromatic N) is 6. The van der Waals surface area contributed by atoms with Gasteiger partial charge in [-0.2, -0.15) is 5.26 Å². The minimum atomic E-state index is 0.0520. The highest BCUT2D eigenvalue weighted by Gasteiger charge is 2.46. The zero-order chi connectivity index (χ0) is 23.2. The minimum absolute atomic E-state index is 0.0520. The molecule has 1 aromatic carbocycles. The highest BCUT2D eigenvalue weighted by atomic mass is 32.1. The van der Waals surface area contributed by atoms with Crippen LogP contribution in [0.2, 0.25) is 0 Å². The molecular weight excluding hydrogens is 434 g/mol. The number of nitriles is 1. The first-order chi connectivity index (χ1) is 15.8. The number of fused-ring (bicyclic) bond motifs is 2. The lowest BCUT2D eigenvalue weighted by Crippen LogP contribution is -2.66. The molecular formula is C24H27N7OS. The fraction of sp³-hybridized carbons (Fsp3) is 0.458. The maximum atomic E-state index is 10.6. The molecule has 5 rings (SSSR count). The maximum absolute atomic E-state index is 10.6. The summed E-state index contributed by atoms with van der Waals surface area (Å²) in [7, 11) is 2.07. The summed E-state index contributed by atoms with van der Waals surface area (Å²) < 4.78 is 0. The van der Waals surface area contributed by atoms with Gasteiger partial charge in [-0.3, -0.25) is 0 Å². The number of piperidine rings is 2. The minimum Gasteiger partial charge on any atom is -0.507 e. The van der Waals surface area contributed by atoms with Gasteiger partial charge in [0.15, 0.2) is 17.3 Å². The van der Waals surface area contributed by atoms with E-state index in [1.807, 2.05) is 12.1 Å². The lowest BCUT2D eigenvalue weighted by molar-refractivity contribution is 0.0784. The van der Waals surface area contributed by atoms with Crippen molar-refractivity contribution in [2.45, 2.75) is 63.1 Å². The molecule has 2 bridgehead atoms. The van der Waals surface area contributed by atoms with E-state index in [-0.39, 0.29) is 16.8 Å². The van der Waals surface area contributed by atoms with Gasteiger partial charge < -0.3 is 15.3 Å². The second-order valence-corrected chi connectivity index (χ2v) is 10.7. The van der Waals surface area contributed by atoms with Crippen molar-refractivity contribution in [3.8, 4) is 33.8 Å². The van der Waals surface area contributed by atoms with Gasteiger partial charge in [0.1, 0.15) is 16.8 Å². The molecule has 3 atom stereocenters. The fourth-order valence-corrected chi connectivity index (χ4v) is 6.21. The highest BCUT2D eigenvalue weighted by Crippen LogP contribution is 2.42. The molecule has 170 valence electrons. The van der Waals surface area contributed by atoms with Crippen molar-refractivity contribution in [2.24, 2.45) is 0 Å². The number of rotatable bonds is 4. The van der Waals surface area contributed by atoms with Gasteiger partial charge in [0.2, 0.25) is 0 Å². The first kappa shape index (κ1) is 21.7. The number of aromatic nitrogens is 4. The molecule has 2 aliphatic heterocycles. The summed E-state index contributed by atoms with van der Waals surface area (Å²) in [5, 5.41) is 34.6. The smallest absolute Gasteiger partial charge is 0.185 e. The highest BCUT2D eigenvalue weighted by molar-refractivity contribution is 7.13. The van der Waals surface area contributed by atoms with Gasteiger partial charge in [-0.15, -0.1) is 21.5 Å². The van der Waals surface area contributed by atoms with Crippen LogP contribution in [-0.2, 0) is 0 Å². The third kappa shape index (κ3) is 4.16. The Bertz CT molecular complexity index is 1200. The fourth-order valence-electron chi connectivity index (χ4n) is 5.47. The van der Waals surface area contributed by atoms with E-state index in [0.29, 0.717) is 28.1 Å². The van der Waals surface area contributed by atoms with Crippen LogP contribution < -0.4 is 10.2 Å². The van der Waals surface area contributed by atoms with Crippen LogP contribution in [0.15, 0.2) is 29.8 Å². The van der Waals surface area contributed by atoms with Crippen LogP contribution in [-0.4, -0.2) is 49.4 Å². The van der Waals surface area contributed by atoms with Gasteiger partial charge >= 0.3 is 0 Å². The molecule has 0 aliphatic carbocycles. The summed E-state index contributed by atoms with van der Waals surface area (Å²) in [4.78, 5) is 10.9. The number of nitrogens with one attached hydrogen (secondary N) is 1. The first-order valence-electron chi connectivity index (χ1n) is 11.2. The Morgan fingerprint density at radius 2 is 1.97 bits per heavy atom. The van der Waals surface area contributed by atoms with Crippen molar-refractivity contribution in [1.29, 1.82) is 5.26 Å². The summed E-state index contributed by atoms with van der Waals surface area (Å²) in [6.45, 7) is 4.66. The zero-order valence-corrected chi connectivity index (χ0v) is 19.9. The first-order valence-corrected chi connectivity index (χ1v) is 12.1. The predicted octanol–water partition coefficient (Wildman–Crippen LogP) is 4.13. The molecule has 2 saturated heterocycles. The number of anilines is 1. The Balaban J connectivity index is 1.35. The second-order valence-electron chi connectivity index (χ2n) is 9.79. The third-order valence-corrected chi connectivity index (χ3v) is 7.89. The summed E-state index contributed by atoms with van der Waals surface area (Å²) in [6, 6.07) is 7.61. The Morgan fingerprint density at radius 1 is 1.21 bits per heavy atom. The molecule has 3 aromatic rings.